The van der Waals surface area contributed by atoms with Crippen LogP contribution in [0.5, 0.6) is 0 Å². The summed E-state index contributed by atoms with van der Waals surface area (Å²) >= 11 is 0. The number of carbonyl (C=O) groups excluding carboxylic acids is 1. The van der Waals surface area contributed by atoms with Crippen LogP contribution in [0.15, 0.2) is 30.0 Å². The second-order valence-electron chi connectivity index (χ2n) is 4.40. The van der Waals surface area contributed by atoms with Crippen LogP contribution >= 0.6 is 0 Å². The zero-order valence-corrected chi connectivity index (χ0v) is 10.8. The Balaban J connectivity index is 1.77. The number of rotatable bonds is 4. The molecule has 0 aromatic heterocycles. The average molecular weight is 270 g/mol. The summed E-state index contributed by atoms with van der Waals surface area (Å²) in [5, 5.41) is 9.86. The van der Waals surface area contributed by atoms with Gasteiger partial charge >= 0.3 is 5.97 Å². The van der Waals surface area contributed by atoms with Gasteiger partial charge in [-0.1, -0.05) is 12.0 Å². The van der Waals surface area contributed by atoms with Crippen molar-refractivity contribution in [3.63, 3.8) is 0 Å². The molecule has 0 spiro atoms. The molecule has 2 aliphatic heterocycles. The highest BCUT2D eigenvalue weighted by Gasteiger charge is 2.41. The lowest BCUT2D eigenvalue weighted by Gasteiger charge is -2.04. The third-order valence-electron chi connectivity index (χ3n) is 2.90. The van der Waals surface area contributed by atoms with E-state index in [0.717, 1.165) is 0 Å². The first-order valence-electron chi connectivity index (χ1n) is 6.29. The number of cyclic esters (lactones) is 1. The van der Waals surface area contributed by atoms with Crippen molar-refractivity contribution in [3.05, 3.63) is 30.0 Å². The van der Waals surface area contributed by atoms with Crippen LogP contribution in [0.4, 0.5) is 0 Å². The molecule has 2 rings (SSSR count). The summed E-state index contributed by atoms with van der Waals surface area (Å²) in [6.45, 7) is 0. The molecule has 4 heteroatoms. The van der Waals surface area contributed by atoms with Crippen molar-refractivity contribution in [1.29, 1.82) is 0 Å². The molecule has 2 fully saturated rings. The van der Waals surface area contributed by atoms with Crippen molar-refractivity contribution < 1.29 is 19.4 Å². The zero-order chi connectivity index (χ0) is 14.4. The second kappa shape index (κ2) is 6.80. The van der Waals surface area contributed by atoms with Crippen molar-refractivity contribution in [2.24, 2.45) is 0 Å². The van der Waals surface area contributed by atoms with Crippen LogP contribution in [0.25, 0.3) is 0 Å². The molecule has 20 heavy (non-hydrogen) atoms. The SMILES string of the molecule is C#CC#CC=C=CC1OC1C(O)C=CC1CCC(=O)O1. The van der Waals surface area contributed by atoms with Crippen molar-refractivity contribution >= 4 is 5.97 Å². The van der Waals surface area contributed by atoms with E-state index in [-0.39, 0.29) is 24.3 Å². The number of hydrogen-bond donors (Lipinski definition) is 1. The molecule has 2 heterocycles. The van der Waals surface area contributed by atoms with Crippen LogP contribution in [-0.4, -0.2) is 35.5 Å². The minimum Gasteiger partial charge on any atom is -0.458 e. The third kappa shape index (κ3) is 4.16. The van der Waals surface area contributed by atoms with E-state index < -0.39 is 6.10 Å². The van der Waals surface area contributed by atoms with Crippen molar-refractivity contribution in [2.45, 2.75) is 37.3 Å². The Kier molecular flexibility index (Phi) is 4.82. The maximum atomic E-state index is 10.9. The summed E-state index contributed by atoms with van der Waals surface area (Å²) in [6, 6.07) is 0. The number of ether oxygens (including phenoxy) is 2. The summed E-state index contributed by atoms with van der Waals surface area (Å²) in [5.41, 5.74) is 2.82. The summed E-state index contributed by atoms with van der Waals surface area (Å²) in [7, 11) is 0. The van der Waals surface area contributed by atoms with Crippen molar-refractivity contribution in [2.75, 3.05) is 0 Å². The molecule has 0 aliphatic carbocycles. The van der Waals surface area contributed by atoms with Crippen LogP contribution in [-0.2, 0) is 14.3 Å². The number of terminal acetylenes is 1. The molecule has 0 aromatic carbocycles. The summed E-state index contributed by atoms with van der Waals surface area (Å²) < 4.78 is 10.3. The van der Waals surface area contributed by atoms with E-state index in [1.165, 1.54) is 6.08 Å². The van der Waals surface area contributed by atoms with Gasteiger partial charge < -0.3 is 14.6 Å². The minimum absolute atomic E-state index is 0.176. The average Bonchev–Trinajstić information content (AvgIpc) is 3.10. The van der Waals surface area contributed by atoms with Gasteiger partial charge in [-0.15, -0.1) is 12.2 Å². The number of hydrogen-bond acceptors (Lipinski definition) is 4. The smallest absolute Gasteiger partial charge is 0.306 e. The van der Waals surface area contributed by atoms with E-state index in [0.29, 0.717) is 12.8 Å². The van der Waals surface area contributed by atoms with Gasteiger partial charge in [0.25, 0.3) is 0 Å². The normalized spacial score (nSPS) is 28.6. The Morgan fingerprint density at radius 2 is 2.35 bits per heavy atom. The number of aliphatic hydroxyl groups excluding tert-OH is 1. The molecule has 0 bridgehead atoms. The van der Waals surface area contributed by atoms with Gasteiger partial charge in [-0.2, -0.15) is 0 Å². The fraction of sp³-hybridized carbons (Fsp3) is 0.375. The predicted molar refractivity (Wildman–Crippen MR) is 72.2 cm³/mol. The molecule has 0 amide bonds. The van der Waals surface area contributed by atoms with Gasteiger partial charge in [0.15, 0.2) is 0 Å². The summed E-state index contributed by atoms with van der Waals surface area (Å²) in [6.07, 6.45) is 11.1. The minimum atomic E-state index is -0.728. The fourth-order valence-corrected chi connectivity index (χ4v) is 1.84. The highest BCUT2D eigenvalue weighted by Crippen LogP contribution is 2.27. The standard InChI is InChI=1S/C16H14O4/c1-2-3-4-5-6-7-14-16(20-14)13(17)10-8-12-9-11-15(18)19-12/h1,5,7-8,10,12-14,16-17H,9,11H2. The van der Waals surface area contributed by atoms with Gasteiger partial charge in [-0.05, 0) is 30.4 Å². The highest BCUT2D eigenvalue weighted by molar-refractivity contribution is 5.71. The molecule has 0 aromatic rings. The molecule has 2 aliphatic rings. The number of epoxide rings is 1. The number of carbonyl (C=O) groups is 1. The van der Waals surface area contributed by atoms with Gasteiger partial charge in [0.2, 0.25) is 0 Å². The number of esters is 1. The predicted octanol–water partition coefficient (Wildman–Crippen LogP) is 0.724. The first-order chi connectivity index (χ1) is 9.70. The third-order valence-corrected chi connectivity index (χ3v) is 2.90. The molecule has 4 nitrogen and oxygen atoms in total. The quantitative estimate of drug-likeness (QED) is 0.269. The first kappa shape index (κ1) is 14.2. The number of aliphatic hydroxyl groups is 1. The van der Waals surface area contributed by atoms with E-state index in [9.17, 15) is 9.90 Å². The van der Waals surface area contributed by atoms with Crippen LogP contribution in [0.2, 0.25) is 0 Å². The van der Waals surface area contributed by atoms with Gasteiger partial charge in [0.1, 0.15) is 24.4 Å². The Labute approximate surface area is 117 Å². The van der Waals surface area contributed by atoms with E-state index in [1.54, 1.807) is 18.2 Å². The molecular weight excluding hydrogens is 256 g/mol. The monoisotopic (exact) mass is 270 g/mol. The molecule has 1 N–H and O–H groups in total. The molecule has 2 saturated heterocycles. The first-order valence-corrected chi connectivity index (χ1v) is 6.29. The van der Waals surface area contributed by atoms with Gasteiger partial charge in [-0.3, -0.25) is 4.79 Å². The maximum Gasteiger partial charge on any atom is 0.306 e. The summed E-state index contributed by atoms with van der Waals surface area (Å²) in [5.74, 6) is 7.01. The van der Waals surface area contributed by atoms with Gasteiger partial charge in [0.05, 0.1) is 0 Å². The fourth-order valence-electron chi connectivity index (χ4n) is 1.84. The molecule has 4 unspecified atom stereocenters. The Morgan fingerprint density at radius 1 is 1.50 bits per heavy atom. The van der Waals surface area contributed by atoms with E-state index in [4.69, 9.17) is 15.9 Å². The van der Waals surface area contributed by atoms with Crippen LogP contribution in [0, 0.1) is 24.2 Å². The highest BCUT2D eigenvalue weighted by atomic mass is 16.6. The Bertz CT molecular complexity index is 564. The topological polar surface area (TPSA) is 59.1 Å². The zero-order valence-electron chi connectivity index (χ0n) is 10.8. The van der Waals surface area contributed by atoms with E-state index in [2.05, 4.69) is 23.5 Å². The lowest BCUT2D eigenvalue weighted by molar-refractivity contribution is -0.140. The summed E-state index contributed by atoms with van der Waals surface area (Å²) in [4.78, 5) is 10.9. The Morgan fingerprint density at radius 3 is 3.05 bits per heavy atom. The Hall–Kier alpha value is -2.23. The second-order valence-corrected chi connectivity index (χ2v) is 4.40. The molecule has 0 radical (unpaired) electrons. The van der Waals surface area contributed by atoms with E-state index >= 15 is 0 Å². The molecule has 0 saturated carbocycles. The lowest BCUT2D eigenvalue weighted by atomic mass is 10.1. The van der Waals surface area contributed by atoms with Crippen LogP contribution in [0.3, 0.4) is 0 Å². The van der Waals surface area contributed by atoms with Crippen LogP contribution in [0.1, 0.15) is 12.8 Å². The van der Waals surface area contributed by atoms with Crippen molar-refractivity contribution in [1.82, 2.24) is 0 Å². The maximum absolute atomic E-state index is 10.9. The lowest BCUT2D eigenvalue weighted by Crippen LogP contribution is -2.14. The molecule has 4 atom stereocenters. The van der Waals surface area contributed by atoms with Gasteiger partial charge in [0, 0.05) is 12.5 Å². The largest absolute Gasteiger partial charge is 0.458 e. The molecular formula is C16H14O4. The van der Waals surface area contributed by atoms with Crippen LogP contribution < -0.4 is 0 Å². The van der Waals surface area contributed by atoms with Gasteiger partial charge in [-0.25, -0.2) is 0 Å². The van der Waals surface area contributed by atoms with E-state index in [1.807, 2.05) is 0 Å². The molecule has 102 valence electrons. The van der Waals surface area contributed by atoms with Crippen molar-refractivity contribution in [3.8, 4) is 24.2 Å².